The smallest absolute Gasteiger partial charge is 0.177 e. The summed E-state index contributed by atoms with van der Waals surface area (Å²) in [4.78, 5) is 7.30. The molecule has 14 heavy (non-hydrogen) atoms. The number of hydrogen-bond acceptors (Lipinski definition) is 3. The molecule has 2 heterocycles. The minimum absolute atomic E-state index is 0.775. The second-order valence-corrected chi connectivity index (χ2v) is 4.32. The normalized spacial score (nSPS) is 10.6. The highest BCUT2D eigenvalue weighted by Crippen LogP contribution is 2.10. The average molecular weight is 225 g/mol. The third-order valence-corrected chi connectivity index (χ3v) is 3.20. The summed E-state index contributed by atoms with van der Waals surface area (Å²) in [7, 11) is 0. The number of rotatable bonds is 3. The molecule has 0 aromatic carbocycles. The van der Waals surface area contributed by atoms with Crippen LogP contribution in [0, 0.1) is 4.77 Å². The molecule has 2 aromatic rings. The molecule has 0 amide bonds. The summed E-state index contributed by atoms with van der Waals surface area (Å²) in [6, 6.07) is 0. The van der Waals surface area contributed by atoms with Crippen molar-refractivity contribution in [1.82, 2.24) is 14.5 Å². The summed E-state index contributed by atoms with van der Waals surface area (Å²) in [5, 5.41) is 3.08. The van der Waals surface area contributed by atoms with Crippen LogP contribution in [0.15, 0.2) is 17.8 Å². The fourth-order valence-electron chi connectivity index (χ4n) is 1.36. The maximum absolute atomic E-state index is 5.20. The highest BCUT2D eigenvalue weighted by Gasteiger charge is 2.03. The van der Waals surface area contributed by atoms with Crippen LogP contribution < -0.4 is 0 Å². The molecule has 3 nitrogen and oxygen atoms in total. The van der Waals surface area contributed by atoms with Crippen LogP contribution >= 0.6 is 23.6 Å². The van der Waals surface area contributed by atoms with E-state index in [-0.39, 0.29) is 0 Å². The largest absolute Gasteiger partial charge is 0.337 e. The van der Waals surface area contributed by atoms with E-state index in [1.807, 2.05) is 17.8 Å². The molecule has 0 radical (unpaired) electrons. The van der Waals surface area contributed by atoms with Gasteiger partial charge >= 0.3 is 0 Å². The van der Waals surface area contributed by atoms with Crippen molar-refractivity contribution in [2.24, 2.45) is 0 Å². The van der Waals surface area contributed by atoms with Crippen molar-refractivity contribution in [2.75, 3.05) is 0 Å². The lowest BCUT2D eigenvalue weighted by atomic mass is 10.3. The number of H-pyrrole nitrogens is 1. The zero-order chi connectivity index (χ0) is 9.97. The highest BCUT2D eigenvalue weighted by molar-refractivity contribution is 7.71. The zero-order valence-corrected chi connectivity index (χ0v) is 9.49. The lowest BCUT2D eigenvalue weighted by Crippen LogP contribution is -2.03. The van der Waals surface area contributed by atoms with E-state index in [2.05, 4.69) is 21.5 Å². The highest BCUT2D eigenvalue weighted by atomic mass is 32.1. The van der Waals surface area contributed by atoms with E-state index in [4.69, 9.17) is 12.2 Å². The second kappa shape index (κ2) is 4.06. The van der Waals surface area contributed by atoms with Gasteiger partial charge < -0.3 is 9.55 Å². The fraction of sp³-hybridized carbons (Fsp3) is 0.333. The Kier molecular flexibility index (Phi) is 2.79. The SMILES string of the molecule is CCc1c[nH]c(=S)n1Cc1nccs1. The molecule has 0 saturated carbocycles. The summed E-state index contributed by atoms with van der Waals surface area (Å²) < 4.78 is 2.87. The lowest BCUT2D eigenvalue weighted by molar-refractivity contribution is 0.731. The van der Waals surface area contributed by atoms with Crippen molar-refractivity contribution in [3.05, 3.63) is 33.2 Å². The Morgan fingerprint density at radius 3 is 3.14 bits per heavy atom. The number of hydrogen-bond donors (Lipinski definition) is 1. The molecule has 2 aromatic heterocycles. The Balaban J connectivity index is 2.32. The first-order valence-electron chi connectivity index (χ1n) is 4.46. The number of nitrogens with one attached hydrogen (secondary N) is 1. The van der Waals surface area contributed by atoms with Crippen molar-refractivity contribution < 1.29 is 0 Å². The van der Waals surface area contributed by atoms with Crippen LogP contribution in [0.2, 0.25) is 0 Å². The Bertz CT molecular complexity index is 453. The van der Waals surface area contributed by atoms with Crippen LogP contribution in [0.3, 0.4) is 0 Å². The summed E-state index contributed by atoms with van der Waals surface area (Å²) >= 11 is 6.85. The molecule has 5 heteroatoms. The molecule has 74 valence electrons. The molecule has 0 fully saturated rings. The first-order valence-corrected chi connectivity index (χ1v) is 5.75. The van der Waals surface area contributed by atoms with E-state index in [1.54, 1.807) is 11.3 Å². The van der Waals surface area contributed by atoms with Crippen LogP contribution in [0.4, 0.5) is 0 Å². The van der Waals surface area contributed by atoms with Gasteiger partial charge in [0.25, 0.3) is 0 Å². The van der Waals surface area contributed by atoms with Crippen molar-refractivity contribution in [3.63, 3.8) is 0 Å². The summed E-state index contributed by atoms with van der Waals surface area (Å²) in [5.41, 5.74) is 1.23. The first kappa shape index (κ1) is 9.61. The van der Waals surface area contributed by atoms with Crippen molar-refractivity contribution in [3.8, 4) is 0 Å². The van der Waals surface area contributed by atoms with Gasteiger partial charge in [-0.05, 0) is 18.6 Å². The van der Waals surface area contributed by atoms with Gasteiger partial charge in [-0.15, -0.1) is 11.3 Å². The molecule has 0 bridgehead atoms. The summed E-state index contributed by atoms with van der Waals surface area (Å²) in [6.07, 6.45) is 4.77. The molecule has 0 aliphatic carbocycles. The molecular formula is C9H11N3S2. The van der Waals surface area contributed by atoms with Gasteiger partial charge in [-0.1, -0.05) is 6.92 Å². The van der Waals surface area contributed by atoms with Gasteiger partial charge in [0.2, 0.25) is 0 Å². The van der Waals surface area contributed by atoms with Crippen molar-refractivity contribution >= 4 is 23.6 Å². The Morgan fingerprint density at radius 2 is 2.50 bits per heavy atom. The maximum atomic E-state index is 5.20. The van der Waals surface area contributed by atoms with Gasteiger partial charge in [0.05, 0.1) is 6.54 Å². The van der Waals surface area contributed by atoms with Crippen LogP contribution in [-0.4, -0.2) is 14.5 Å². The lowest BCUT2D eigenvalue weighted by Gasteiger charge is -2.03. The van der Waals surface area contributed by atoms with E-state index in [0.717, 1.165) is 22.7 Å². The van der Waals surface area contributed by atoms with E-state index in [0.29, 0.717) is 0 Å². The topological polar surface area (TPSA) is 33.6 Å². The summed E-state index contributed by atoms with van der Waals surface area (Å²) in [5.74, 6) is 0. The molecule has 1 N–H and O–H groups in total. The van der Waals surface area contributed by atoms with Gasteiger partial charge in [0.15, 0.2) is 4.77 Å². The van der Waals surface area contributed by atoms with Crippen molar-refractivity contribution in [1.29, 1.82) is 0 Å². The Morgan fingerprint density at radius 1 is 1.64 bits per heavy atom. The molecule has 0 saturated heterocycles. The van der Waals surface area contributed by atoms with Gasteiger partial charge in [0.1, 0.15) is 5.01 Å². The molecule has 0 atom stereocenters. The molecule has 2 rings (SSSR count). The monoisotopic (exact) mass is 225 g/mol. The van der Waals surface area contributed by atoms with Gasteiger partial charge in [-0.2, -0.15) is 0 Å². The fourth-order valence-corrected chi connectivity index (χ4v) is 2.21. The molecule has 0 aliphatic rings. The number of thiazole rings is 1. The number of aromatic amines is 1. The summed E-state index contributed by atoms with van der Waals surface area (Å²) in [6.45, 7) is 2.90. The second-order valence-electron chi connectivity index (χ2n) is 2.95. The third kappa shape index (κ3) is 1.78. The molecule has 0 spiro atoms. The predicted molar refractivity (Wildman–Crippen MR) is 60.2 cm³/mol. The first-order chi connectivity index (χ1) is 6.81. The van der Waals surface area contributed by atoms with Gasteiger partial charge in [-0.25, -0.2) is 4.98 Å². The van der Waals surface area contributed by atoms with E-state index in [1.165, 1.54) is 5.69 Å². The Labute approximate surface area is 91.4 Å². The minimum Gasteiger partial charge on any atom is -0.337 e. The predicted octanol–water partition coefficient (Wildman–Crippen LogP) is 2.61. The molecular weight excluding hydrogens is 214 g/mol. The standard InChI is InChI=1S/C9H11N3S2/c1-2-7-5-11-9(13)12(7)6-8-10-3-4-14-8/h3-5H,2,6H2,1H3,(H,11,13). The van der Waals surface area contributed by atoms with E-state index < -0.39 is 0 Å². The number of aryl methyl sites for hydroxylation is 1. The Hall–Kier alpha value is -0.940. The van der Waals surface area contributed by atoms with Crippen LogP contribution in [0.5, 0.6) is 0 Å². The molecule has 0 unspecified atom stereocenters. The van der Waals surface area contributed by atoms with Crippen LogP contribution in [0.25, 0.3) is 0 Å². The van der Waals surface area contributed by atoms with E-state index >= 15 is 0 Å². The van der Waals surface area contributed by atoms with Crippen LogP contribution in [-0.2, 0) is 13.0 Å². The van der Waals surface area contributed by atoms with Crippen LogP contribution in [0.1, 0.15) is 17.6 Å². The number of imidazole rings is 1. The quantitative estimate of drug-likeness (QED) is 0.815. The zero-order valence-electron chi connectivity index (χ0n) is 7.86. The van der Waals surface area contributed by atoms with Gasteiger partial charge in [-0.3, -0.25) is 0 Å². The number of aromatic nitrogens is 3. The maximum Gasteiger partial charge on any atom is 0.177 e. The van der Waals surface area contributed by atoms with Gasteiger partial charge in [0, 0.05) is 23.5 Å². The number of nitrogens with zero attached hydrogens (tertiary/aromatic N) is 2. The van der Waals surface area contributed by atoms with E-state index in [9.17, 15) is 0 Å². The molecule has 0 aliphatic heterocycles. The van der Waals surface area contributed by atoms with Crippen molar-refractivity contribution in [2.45, 2.75) is 19.9 Å². The average Bonchev–Trinajstić information content (AvgIpc) is 2.79. The third-order valence-electron chi connectivity index (χ3n) is 2.09. The minimum atomic E-state index is 0.775.